The first-order valence-electron chi connectivity index (χ1n) is 10.1. The molecule has 0 amide bonds. The Bertz CT molecular complexity index is 1190. The van der Waals surface area contributed by atoms with Crippen molar-refractivity contribution in [1.82, 2.24) is 25.5 Å². The van der Waals surface area contributed by atoms with E-state index in [2.05, 4.69) is 53.1 Å². The summed E-state index contributed by atoms with van der Waals surface area (Å²) in [6.07, 6.45) is 3.20. The number of benzene rings is 2. The zero-order valence-corrected chi connectivity index (χ0v) is 16.7. The summed E-state index contributed by atoms with van der Waals surface area (Å²) in [6, 6.07) is 14.4. The Labute approximate surface area is 178 Å². The number of piperazine rings is 1. The van der Waals surface area contributed by atoms with E-state index in [0.29, 0.717) is 28.4 Å². The summed E-state index contributed by atoms with van der Waals surface area (Å²) >= 11 is 0. The quantitative estimate of drug-likeness (QED) is 0.456. The van der Waals surface area contributed by atoms with Crippen molar-refractivity contribution in [3.8, 4) is 0 Å². The molecule has 1 aliphatic rings. The molecule has 0 saturated carbocycles. The highest BCUT2D eigenvalue weighted by atomic mass is 19.1. The zero-order valence-electron chi connectivity index (χ0n) is 16.7. The molecule has 31 heavy (non-hydrogen) atoms. The van der Waals surface area contributed by atoms with E-state index in [1.165, 1.54) is 17.8 Å². The smallest absolute Gasteiger partial charge is 0.229 e. The Morgan fingerprint density at radius 2 is 1.81 bits per heavy atom. The predicted octanol–water partition coefficient (Wildman–Crippen LogP) is 3.46. The van der Waals surface area contributed by atoms with Crippen molar-refractivity contribution in [1.29, 1.82) is 0 Å². The SMILES string of the molecule is Fc1ccc2nncc(Nc3ccnc(Nc4ccc(N5CCNCC5)cc4)n3)c2c1. The average molecular weight is 416 g/mol. The Balaban J connectivity index is 1.32. The molecule has 0 aliphatic carbocycles. The number of halogens is 1. The molecule has 1 aliphatic heterocycles. The Morgan fingerprint density at radius 3 is 2.65 bits per heavy atom. The van der Waals surface area contributed by atoms with E-state index >= 15 is 0 Å². The molecule has 1 saturated heterocycles. The van der Waals surface area contributed by atoms with Crippen LogP contribution in [0.25, 0.3) is 10.9 Å². The van der Waals surface area contributed by atoms with E-state index in [4.69, 9.17) is 0 Å². The fraction of sp³-hybridized carbons (Fsp3) is 0.182. The summed E-state index contributed by atoms with van der Waals surface area (Å²) in [5.41, 5.74) is 3.32. The van der Waals surface area contributed by atoms with Gasteiger partial charge in [-0.2, -0.15) is 15.2 Å². The van der Waals surface area contributed by atoms with Crippen molar-refractivity contribution in [3.05, 3.63) is 66.7 Å². The van der Waals surface area contributed by atoms with Gasteiger partial charge >= 0.3 is 0 Å². The molecular formula is C22H21FN8. The summed E-state index contributed by atoms with van der Waals surface area (Å²) < 4.78 is 13.7. The van der Waals surface area contributed by atoms with Crippen LogP contribution in [0.15, 0.2) is 60.9 Å². The number of hydrogen-bond donors (Lipinski definition) is 3. The second-order valence-corrected chi connectivity index (χ2v) is 7.22. The molecule has 9 heteroatoms. The van der Waals surface area contributed by atoms with Crippen LogP contribution in [-0.4, -0.2) is 46.3 Å². The van der Waals surface area contributed by atoms with E-state index in [1.54, 1.807) is 24.5 Å². The highest BCUT2D eigenvalue weighted by molar-refractivity contribution is 5.91. The van der Waals surface area contributed by atoms with E-state index in [1.807, 2.05) is 12.1 Å². The van der Waals surface area contributed by atoms with Gasteiger partial charge in [0.1, 0.15) is 11.6 Å². The predicted molar refractivity (Wildman–Crippen MR) is 120 cm³/mol. The van der Waals surface area contributed by atoms with Gasteiger partial charge in [-0.3, -0.25) is 0 Å². The Morgan fingerprint density at radius 1 is 0.968 bits per heavy atom. The summed E-state index contributed by atoms with van der Waals surface area (Å²) in [6.45, 7) is 4.02. The van der Waals surface area contributed by atoms with Gasteiger partial charge in [-0.25, -0.2) is 9.37 Å². The third-order valence-corrected chi connectivity index (χ3v) is 5.12. The normalized spacial score (nSPS) is 13.9. The van der Waals surface area contributed by atoms with Gasteiger partial charge < -0.3 is 20.9 Å². The topological polar surface area (TPSA) is 90.9 Å². The molecule has 0 bridgehead atoms. The molecule has 1 fully saturated rings. The average Bonchev–Trinajstić information content (AvgIpc) is 2.81. The first-order valence-corrected chi connectivity index (χ1v) is 10.1. The molecule has 0 radical (unpaired) electrons. The van der Waals surface area contributed by atoms with Crippen molar-refractivity contribution in [2.24, 2.45) is 0 Å². The van der Waals surface area contributed by atoms with Crippen LogP contribution in [0.4, 0.5) is 33.2 Å². The highest BCUT2D eigenvalue weighted by Gasteiger charge is 2.10. The minimum absolute atomic E-state index is 0.335. The van der Waals surface area contributed by atoms with Gasteiger partial charge in [0, 0.05) is 49.1 Å². The van der Waals surface area contributed by atoms with Crippen LogP contribution < -0.4 is 20.9 Å². The Hall–Kier alpha value is -3.85. The van der Waals surface area contributed by atoms with Crippen LogP contribution in [0.2, 0.25) is 0 Å². The highest BCUT2D eigenvalue weighted by Crippen LogP contribution is 2.25. The van der Waals surface area contributed by atoms with Gasteiger partial charge in [0.2, 0.25) is 5.95 Å². The molecule has 0 atom stereocenters. The van der Waals surface area contributed by atoms with Gasteiger partial charge in [-0.1, -0.05) is 0 Å². The van der Waals surface area contributed by atoms with Crippen molar-refractivity contribution >= 4 is 39.7 Å². The lowest BCUT2D eigenvalue weighted by Gasteiger charge is -2.29. The third-order valence-electron chi connectivity index (χ3n) is 5.12. The number of nitrogens with zero attached hydrogens (tertiary/aromatic N) is 5. The number of anilines is 5. The van der Waals surface area contributed by atoms with Crippen molar-refractivity contribution in [2.75, 3.05) is 41.7 Å². The first-order chi connectivity index (χ1) is 15.2. The van der Waals surface area contributed by atoms with E-state index in [9.17, 15) is 4.39 Å². The van der Waals surface area contributed by atoms with Crippen molar-refractivity contribution in [2.45, 2.75) is 0 Å². The van der Waals surface area contributed by atoms with Crippen molar-refractivity contribution in [3.63, 3.8) is 0 Å². The molecule has 3 N–H and O–H groups in total. The minimum atomic E-state index is -0.335. The molecule has 2 aromatic heterocycles. The van der Waals surface area contributed by atoms with E-state index < -0.39 is 0 Å². The molecule has 8 nitrogen and oxygen atoms in total. The summed E-state index contributed by atoms with van der Waals surface area (Å²) in [5, 5.41) is 18.4. The monoisotopic (exact) mass is 416 g/mol. The number of fused-ring (bicyclic) bond motifs is 1. The largest absolute Gasteiger partial charge is 0.369 e. The van der Waals surface area contributed by atoms with Gasteiger partial charge in [0.05, 0.1) is 17.4 Å². The van der Waals surface area contributed by atoms with Crippen LogP contribution >= 0.6 is 0 Å². The fourth-order valence-electron chi connectivity index (χ4n) is 3.56. The van der Waals surface area contributed by atoms with E-state index in [0.717, 1.165) is 31.9 Å². The number of nitrogens with one attached hydrogen (secondary N) is 3. The van der Waals surface area contributed by atoms with Crippen LogP contribution in [-0.2, 0) is 0 Å². The van der Waals surface area contributed by atoms with Gasteiger partial charge in [0.25, 0.3) is 0 Å². The molecular weight excluding hydrogens is 395 g/mol. The lowest BCUT2D eigenvalue weighted by atomic mass is 10.2. The van der Waals surface area contributed by atoms with Crippen molar-refractivity contribution < 1.29 is 4.39 Å². The summed E-state index contributed by atoms with van der Waals surface area (Å²) in [4.78, 5) is 11.2. The maximum absolute atomic E-state index is 13.7. The molecule has 3 heterocycles. The second-order valence-electron chi connectivity index (χ2n) is 7.22. The lowest BCUT2D eigenvalue weighted by Crippen LogP contribution is -2.43. The molecule has 5 rings (SSSR count). The first kappa shape index (κ1) is 19.1. The molecule has 0 unspecified atom stereocenters. The maximum atomic E-state index is 13.7. The molecule has 0 spiro atoms. The van der Waals surface area contributed by atoms with Gasteiger partial charge in [-0.05, 0) is 48.5 Å². The molecule has 4 aromatic rings. The molecule has 156 valence electrons. The zero-order chi connectivity index (χ0) is 21.0. The van der Waals surface area contributed by atoms with Crippen LogP contribution in [0.3, 0.4) is 0 Å². The molecule has 2 aromatic carbocycles. The maximum Gasteiger partial charge on any atom is 0.229 e. The fourth-order valence-corrected chi connectivity index (χ4v) is 3.56. The third kappa shape index (κ3) is 4.36. The standard InChI is InChI=1S/C22H21FN8/c23-15-1-6-19-18(13-15)20(14-26-30-19)28-21-7-8-25-22(29-21)27-16-2-4-17(5-3-16)31-11-9-24-10-12-31/h1-8,13-14,24H,9-12H2,(H2,25,27,28,29,30). The van der Waals surface area contributed by atoms with Crippen LogP contribution in [0, 0.1) is 5.82 Å². The van der Waals surface area contributed by atoms with Crippen LogP contribution in [0.1, 0.15) is 0 Å². The lowest BCUT2D eigenvalue weighted by molar-refractivity contribution is 0.589. The van der Waals surface area contributed by atoms with E-state index in [-0.39, 0.29) is 5.82 Å². The summed E-state index contributed by atoms with van der Waals surface area (Å²) in [7, 11) is 0. The van der Waals surface area contributed by atoms with Gasteiger partial charge in [-0.15, -0.1) is 0 Å². The second kappa shape index (κ2) is 8.49. The van der Waals surface area contributed by atoms with Gasteiger partial charge in [0.15, 0.2) is 0 Å². The number of aromatic nitrogens is 4. The minimum Gasteiger partial charge on any atom is -0.369 e. The Kier molecular flexibility index (Phi) is 5.24. The van der Waals surface area contributed by atoms with Crippen LogP contribution in [0.5, 0.6) is 0 Å². The number of hydrogen-bond acceptors (Lipinski definition) is 8. The summed E-state index contributed by atoms with van der Waals surface area (Å²) in [5.74, 6) is 0.684. The number of rotatable bonds is 5.